The first-order chi connectivity index (χ1) is 7.25. The summed E-state index contributed by atoms with van der Waals surface area (Å²) < 4.78 is 0. The molecule has 2 aromatic rings. The number of aromatic amines is 1. The number of rotatable bonds is 2. The maximum atomic E-state index is 5.24. The van der Waals surface area contributed by atoms with Gasteiger partial charge >= 0.3 is 0 Å². The number of imidazole rings is 1. The molecule has 15 heavy (non-hydrogen) atoms. The summed E-state index contributed by atoms with van der Waals surface area (Å²) in [6, 6.07) is 8.05. The maximum absolute atomic E-state index is 5.24. The molecule has 0 aliphatic heterocycles. The van der Waals surface area contributed by atoms with Crippen molar-refractivity contribution >= 4 is 23.2 Å². The number of nitrogens with one attached hydrogen (secondary N) is 2. The molecule has 3 nitrogen and oxygen atoms in total. The van der Waals surface area contributed by atoms with E-state index in [1.165, 1.54) is 5.56 Å². The van der Waals surface area contributed by atoms with E-state index in [-0.39, 0.29) is 0 Å². The van der Waals surface area contributed by atoms with Gasteiger partial charge < -0.3 is 10.3 Å². The quantitative estimate of drug-likeness (QED) is 0.759. The molecule has 0 saturated carbocycles. The number of H-pyrrole nitrogens is 1. The molecule has 0 saturated heterocycles. The molecular weight excluding hydrogens is 206 g/mol. The minimum Gasteiger partial charge on any atom is -0.331 e. The second-order valence-electron chi connectivity index (χ2n) is 3.26. The van der Waals surface area contributed by atoms with Crippen LogP contribution in [0, 0.1) is 6.92 Å². The standard InChI is InChI=1S/C11H11N3S/c1-8-2-4-9(5-3-8)10(15)14-11-12-6-7-13-11/h2-7H,1H3,(H2,12,13,14,15). The molecule has 4 heteroatoms. The van der Waals surface area contributed by atoms with E-state index in [0.717, 1.165) is 5.56 Å². The Hall–Kier alpha value is -1.68. The zero-order valence-electron chi connectivity index (χ0n) is 8.32. The Morgan fingerprint density at radius 2 is 2.07 bits per heavy atom. The lowest BCUT2D eigenvalue weighted by Gasteiger charge is -2.04. The average molecular weight is 217 g/mol. The molecule has 0 unspecified atom stereocenters. The second kappa shape index (κ2) is 4.23. The number of aromatic nitrogens is 2. The van der Waals surface area contributed by atoms with Gasteiger partial charge in [0.1, 0.15) is 4.99 Å². The number of hydrogen-bond donors (Lipinski definition) is 2. The lowest BCUT2D eigenvalue weighted by atomic mass is 10.1. The minimum atomic E-state index is 0.667. The number of thiocarbonyl (C=S) groups is 1. The van der Waals surface area contributed by atoms with Gasteiger partial charge in [0.05, 0.1) is 0 Å². The largest absolute Gasteiger partial charge is 0.331 e. The number of aryl methyl sites for hydroxylation is 1. The molecule has 2 N–H and O–H groups in total. The average Bonchev–Trinajstić information content (AvgIpc) is 2.71. The Kier molecular flexibility index (Phi) is 2.78. The molecule has 1 heterocycles. The molecule has 0 aliphatic rings. The summed E-state index contributed by atoms with van der Waals surface area (Å²) in [5, 5.41) is 3.02. The number of anilines is 1. The molecule has 0 atom stereocenters. The fourth-order valence-electron chi connectivity index (χ4n) is 1.22. The van der Waals surface area contributed by atoms with E-state index in [2.05, 4.69) is 15.3 Å². The number of benzene rings is 1. The van der Waals surface area contributed by atoms with E-state index in [0.29, 0.717) is 10.9 Å². The first-order valence-electron chi connectivity index (χ1n) is 4.63. The molecule has 0 bridgehead atoms. The Bertz CT molecular complexity index is 445. The van der Waals surface area contributed by atoms with Crippen molar-refractivity contribution in [1.82, 2.24) is 9.97 Å². The summed E-state index contributed by atoms with van der Waals surface area (Å²) in [5.41, 5.74) is 2.21. The highest BCUT2D eigenvalue weighted by Gasteiger charge is 2.01. The predicted octanol–water partition coefficient (Wildman–Crippen LogP) is 2.51. The first kappa shape index (κ1) is 9.86. The highest BCUT2D eigenvalue weighted by Crippen LogP contribution is 2.06. The Morgan fingerprint density at radius 1 is 1.33 bits per heavy atom. The predicted molar refractivity (Wildman–Crippen MR) is 65.1 cm³/mol. The van der Waals surface area contributed by atoms with Gasteiger partial charge in [-0.05, 0) is 6.92 Å². The van der Waals surface area contributed by atoms with Crippen LogP contribution >= 0.6 is 12.2 Å². The van der Waals surface area contributed by atoms with Crippen LogP contribution in [0.25, 0.3) is 0 Å². The van der Waals surface area contributed by atoms with Crippen LogP contribution in [-0.4, -0.2) is 15.0 Å². The van der Waals surface area contributed by atoms with Crippen LogP contribution in [0.4, 0.5) is 5.95 Å². The lowest BCUT2D eigenvalue weighted by molar-refractivity contribution is 1.31. The molecule has 1 aromatic heterocycles. The molecule has 0 spiro atoms. The molecule has 1 aromatic carbocycles. The summed E-state index contributed by atoms with van der Waals surface area (Å²) in [4.78, 5) is 7.66. The zero-order valence-corrected chi connectivity index (χ0v) is 9.14. The van der Waals surface area contributed by atoms with Crippen LogP contribution < -0.4 is 5.32 Å². The highest BCUT2D eigenvalue weighted by molar-refractivity contribution is 7.81. The Morgan fingerprint density at radius 3 is 2.67 bits per heavy atom. The summed E-state index contributed by atoms with van der Waals surface area (Å²) in [7, 11) is 0. The van der Waals surface area contributed by atoms with E-state index < -0.39 is 0 Å². The van der Waals surface area contributed by atoms with Gasteiger partial charge in [0.25, 0.3) is 0 Å². The van der Waals surface area contributed by atoms with Gasteiger partial charge in [0.15, 0.2) is 0 Å². The van der Waals surface area contributed by atoms with Crippen molar-refractivity contribution in [3.8, 4) is 0 Å². The fourth-order valence-corrected chi connectivity index (χ4v) is 1.45. The molecule has 2 rings (SSSR count). The third kappa shape index (κ3) is 2.41. The summed E-state index contributed by atoms with van der Waals surface area (Å²) in [6.07, 6.45) is 3.43. The van der Waals surface area contributed by atoms with E-state index >= 15 is 0 Å². The van der Waals surface area contributed by atoms with Crippen LogP contribution in [0.1, 0.15) is 11.1 Å². The molecule has 0 aliphatic carbocycles. The third-order valence-electron chi connectivity index (χ3n) is 2.04. The van der Waals surface area contributed by atoms with Crippen LogP contribution in [0.5, 0.6) is 0 Å². The van der Waals surface area contributed by atoms with Crippen molar-refractivity contribution in [2.75, 3.05) is 5.32 Å². The third-order valence-corrected chi connectivity index (χ3v) is 2.38. The van der Waals surface area contributed by atoms with Crippen LogP contribution in [0.3, 0.4) is 0 Å². The van der Waals surface area contributed by atoms with Crippen molar-refractivity contribution in [3.63, 3.8) is 0 Å². The lowest BCUT2D eigenvalue weighted by Crippen LogP contribution is -2.11. The molecular formula is C11H11N3S. The SMILES string of the molecule is Cc1ccc(C(=S)Nc2ncc[nH]2)cc1. The van der Waals surface area contributed by atoms with Crippen molar-refractivity contribution in [2.45, 2.75) is 6.92 Å². The summed E-state index contributed by atoms with van der Waals surface area (Å²) in [6.45, 7) is 2.05. The Balaban J connectivity index is 2.11. The smallest absolute Gasteiger partial charge is 0.205 e. The van der Waals surface area contributed by atoms with Crippen molar-refractivity contribution in [3.05, 3.63) is 47.8 Å². The zero-order chi connectivity index (χ0) is 10.7. The van der Waals surface area contributed by atoms with Crippen molar-refractivity contribution in [1.29, 1.82) is 0 Å². The minimum absolute atomic E-state index is 0.667. The van der Waals surface area contributed by atoms with Gasteiger partial charge in [0.2, 0.25) is 5.95 Å². The van der Waals surface area contributed by atoms with Gasteiger partial charge in [0, 0.05) is 18.0 Å². The highest BCUT2D eigenvalue weighted by atomic mass is 32.1. The first-order valence-corrected chi connectivity index (χ1v) is 5.04. The monoisotopic (exact) mass is 217 g/mol. The van der Waals surface area contributed by atoms with E-state index in [1.807, 2.05) is 31.2 Å². The van der Waals surface area contributed by atoms with Crippen LogP contribution in [0.2, 0.25) is 0 Å². The van der Waals surface area contributed by atoms with Gasteiger partial charge in [-0.3, -0.25) is 0 Å². The summed E-state index contributed by atoms with van der Waals surface area (Å²) >= 11 is 5.24. The second-order valence-corrected chi connectivity index (χ2v) is 3.67. The maximum Gasteiger partial charge on any atom is 0.205 e. The molecule has 0 radical (unpaired) electrons. The molecule has 0 fully saturated rings. The fraction of sp³-hybridized carbons (Fsp3) is 0.0909. The van der Waals surface area contributed by atoms with Crippen LogP contribution in [-0.2, 0) is 0 Å². The van der Waals surface area contributed by atoms with Crippen molar-refractivity contribution in [2.24, 2.45) is 0 Å². The summed E-state index contributed by atoms with van der Waals surface area (Å²) in [5.74, 6) is 0.667. The molecule has 0 amide bonds. The van der Waals surface area contributed by atoms with Crippen LogP contribution in [0.15, 0.2) is 36.7 Å². The van der Waals surface area contributed by atoms with E-state index in [1.54, 1.807) is 12.4 Å². The normalized spacial score (nSPS) is 9.93. The van der Waals surface area contributed by atoms with E-state index in [9.17, 15) is 0 Å². The van der Waals surface area contributed by atoms with Gasteiger partial charge in [-0.2, -0.15) is 0 Å². The number of nitrogens with zero attached hydrogens (tertiary/aromatic N) is 1. The molecule has 76 valence electrons. The van der Waals surface area contributed by atoms with Gasteiger partial charge in [-0.25, -0.2) is 4.98 Å². The number of hydrogen-bond acceptors (Lipinski definition) is 2. The van der Waals surface area contributed by atoms with Crippen molar-refractivity contribution < 1.29 is 0 Å². The van der Waals surface area contributed by atoms with Gasteiger partial charge in [-0.15, -0.1) is 0 Å². The van der Waals surface area contributed by atoms with Gasteiger partial charge in [-0.1, -0.05) is 42.0 Å². The van der Waals surface area contributed by atoms with E-state index in [4.69, 9.17) is 12.2 Å². The Labute approximate surface area is 93.6 Å². The topological polar surface area (TPSA) is 40.7 Å².